The van der Waals surface area contributed by atoms with Gasteiger partial charge >= 0.3 is 0 Å². The molecule has 0 unspecified atom stereocenters. The zero-order valence-corrected chi connectivity index (χ0v) is 31.6. The Labute approximate surface area is 345 Å². The SMILES string of the molecule is [2H]c1c([2H])c([2H])c(-c2cccc3c2sc2c(-c4nc(-c5ccccc5)nc(-c5ccc6ccc7ccccc7c6c5)n4)cc(-n4c5ccccc5c5ccccc54)cc23)c([2H])c1[2H]. The minimum atomic E-state index is -0.421. The van der Waals surface area contributed by atoms with E-state index in [2.05, 4.69) is 120 Å². The third kappa shape index (κ3) is 5.18. The Balaban J connectivity index is 1.19. The number of aromatic nitrogens is 4. The van der Waals surface area contributed by atoms with Crippen LogP contribution in [0.4, 0.5) is 0 Å². The Bertz CT molecular complexity index is 3800. The maximum absolute atomic E-state index is 8.95. The summed E-state index contributed by atoms with van der Waals surface area (Å²) in [5, 5.41) is 8.61. The molecule has 270 valence electrons. The number of benzene rings is 9. The number of thiophene rings is 1. The molecule has 0 aliphatic rings. The van der Waals surface area contributed by atoms with Gasteiger partial charge in [0.05, 0.1) is 17.9 Å². The molecule has 0 atom stereocenters. The third-order valence-electron chi connectivity index (χ3n) is 11.1. The minimum Gasteiger partial charge on any atom is -0.309 e. The van der Waals surface area contributed by atoms with Crippen LogP contribution in [0.25, 0.3) is 115 Å². The molecule has 9 aromatic carbocycles. The molecule has 58 heavy (non-hydrogen) atoms. The number of rotatable bonds is 5. The van der Waals surface area contributed by atoms with Gasteiger partial charge in [0, 0.05) is 53.3 Å². The number of hydrogen-bond acceptors (Lipinski definition) is 4. The van der Waals surface area contributed by atoms with Gasteiger partial charge in [0.15, 0.2) is 17.5 Å². The van der Waals surface area contributed by atoms with Crippen LogP contribution in [0, 0.1) is 0 Å². The first kappa shape index (κ1) is 28.0. The molecule has 5 heteroatoms. The van der Waals surface area contributed by atoms with Gasteiger partial charge in [0.1, 0.15) is 0 Å². The first-order valence-corrected chi connectivity index (χ1v) is 19.9. The molecule has 0 saturated heterocycles. The molecule has 0 bridgehead atoms. The Morgan fingerprint density at radius 2 is 1.00 bits per heavy atom. The van der Waals surface area contributed by atoms with E-state index in [-0.39, 0.29) is 29.7 Å². The van der Waals surface area contributed by atoms with E-state index in [1.165, 1.54) is 11.3 Å². The van der Waals surface area contributed by atoms with Crippen molar-refractivity contribution in [2.45, 2.75) is 0 Å². The topological polar surface area (TPSA) is 43.6 Å². The summed E-state index contributed by atoms with van der Waals surface area (Å²) < 4.78 is 47.2. The average Bonchev–Trinajstić information content (AvgIpc) is 3.89. The number of hydrogen-bond donors (Lipinski definition) is 0. The fourth-order valence-corrected chi connectivity index (χ4v) is 9.76. The monoisotopic (exact) mass is 761 g/mol. The normalized spacial score (nSPS) is 13.0. The molecule has 3 aromatic heterocycles. The highest BCUT2D eigenvalue weighted by atomic mass is 32.1. The predicted molar refractivity (Wildman–Crippen MR) is 244 cm³/mol. The molecule has 0 radical (unpaired) electrons. The first-order chi connectivity index (χ1) is 30.8. The molecule has 3 heterocycles. The van der Waals surface area contributed by atoms with Gasteiger partial charge in [-0.3, -0.25) is 0 Å². The molecule has 12 aromatic rings. The largest absolute Gasteiger partial charge is 0.309 e. The van der Waals surface area contributed by atoms with E-state index in [9.17, 15) is 0 Å². The zero-order valence-electron chi connectivity index (χ0n) is 35.8. The molecule has 0 amide bonds. The van der Waals surface area contributed by atoms with Crippen molar-refractivity contribution in [3.63, 3.8) is 0 Å². The van der Waals surface area contributed by atoms with Crippen molar-refractivity contribution in [2.75, 3.05) is 0 Å². The highest BCUT2D eigenvalue weighted by Gasteiger charge is 2.22. The van der Waals surface area contributed by atoms with E-state index in [1.807, 2.05) is 48.5 Å². The van der Waals surface area contributed by atoms with Gasteiger partial charge in [0.25, 0.3) is 0 Å². The maximum atomic E-state index is 8.95. The Morgan fingerprint density at radius 3 is 1.78 bits per heavy atom. The summed E-state index contributed by atoms with van der Waals surface area (Å²) in [6.45, 7) is 0. The zero-order chi connectivity index (χ0) is 42.5. The van der Waals surface area contributed by atoms with Crippen LogP contribution in [0.3, 0.4) is 0 Å². The molecule has 0 N–H and O–H groups in total. The Hall–Kier alpha value is -7.47. The molecule has 12 rings (SSSR count). The first-order valence-electron chi connectivity index (χ1n) is 21.6. The standard InChI is InChI=1S/C53H32N4S/c1-3-14-33(15-4-1)40-22-13-23-43-45-31-38(57-47-24-11-9-20-41(47)42-21-10-12-25-48(42)57)32-46(50(45)58-49(40)43)53-55-51(36-17-5-2-6-18-36)54-52(56-53)37-29-28-35-27-26-34-16-7-8-19-39(34)44(35)30-37/h1-32H/i1D,3D,4D,14D,15D. The van der Waals surface area contributed by atoms with Crippen molar-refractivity contribution in [1.29, 1.82) is 0 Å². The summed E-state index contributed by atoms with van der Waals surface area (Å²) in [5.74, 6) is 1.55. The number of nitrogens with zero attached hydrogens (tertiary/aromatic N) is 4. The van der Waals surface area contributed by atoms with Crippen molar-refractivity contribution >= 4 is 74.9 Å². The van der Waals surface area contributed by atoms with Gasteiger partial charge in [-0.05, 0) is 63.0 Å². The van der Waals surface area contributed by atoms with Gasteiger partial charge in [-0.25, -0.2) is 15.0 Å². The second-order valence-corrected chi connectivity index (χ2v) is 15.4. The average molecular weight is 762 g/mol. The molecular formula is C53H32N4S. The van der Waals surface area contributed by atoms with Crippen LogP contribution in [0.15, 0.2) is 194 Å². The smallest absolute Gasteiger partial charge is 0.165 e. The molecule has 4 nitrogen and oxygen atoms in total. The van der Waals surface area contributed by atoms with Crippen LogP contribution in [0.1, 0.15) is 6.85 Å². The van der Waals surface area contributed by atoms with E-state index in [4.69, 9.17) is 21.8 Å². The van der Waals surface area contributed by atoms with Crippen molar-refractivity contribution in [3.8, 4) is 51.0 Å². The van der Waals surface area contributed by atoms with Crippen molar-refractivity contribution in [2.24, 2.45) is 0 Å². The van der Waals surface area contributed by atoms with Crippen LogP contribution in [0.2, 0.25) is 0 Å². The van der Waals surface area contributed by atoms with Crippen LogP contribution < -0.4 is 0 Å². The van der Waals surface area contributed by atoms with Crippen LogP contribution in [-0.2, 0) is 0 Å². The van der Waals surface area contributed by atoms with E-state index in [0.29, 0.717) is 23.0 Å². The van der Waals surface area contributed by atoms with Gasteiger partial charge < -0.3 is 4.57 Å². The van der Waals surface area contributed by atoms with Crippen LogP contribution in [-0.4, -0.2) is 19.5 Å². The van der Waals surface area contributed by atoms with E-state index < -0.39 is 6.04 Å². The Morgan fingerprint density at radius 1 is 0.397 bits per heavy atom. The molecule has 0 aliphatic heterocycles. The van der Waals surface area contributed by atoms with Gasteiger partial charge in [0.2, 0.25) is 0 Å². The van der Waals surface area contributed by atoms with Gasteiger partial charge in [-0.15, -0.1) is 11.3 Å². The third-order valence-corrected chi connectivity index (χ3v) is 12.4. The van der Waals surface area contributed by atoms with E-state index in [1.54, 1.807) is 0 Å². The lowest BCUT2D eigenvalue weighted by Crippen LogP contribution is -2.01. The summed E-state index contributed by atoms with van der Waals surface area (Å²) in [5.41, 5.74) is 6.23. The Kier molecular flexibility index (Phi) is 6.30. The summed E-state index contributed by atoms with van der Waals surface area (Å²) in [4.78, 5) is 15.7. The second-order valence-electron chi connectivity index (χ2n) is 14.4. The van der Waals surface area contributed by atoms with E-state index >= 15 is 0 Å². The molecular weight excluding hydrogens is 725 g/mol. The number of fused-ring (bicyclic) bond motifs is 9. The summed E-state index contributed by atoms with van der Waals surface area (Å²) in [6, 6.07) is 54.3. The highest BCUT2D eigenvalue weighted by molar-refractivity contribution is 7.26. The second kappa shape index (κ2) is 13.1. The summed E-state index contributed by atoms with van der Waals surface area (Å²) >= 11 is 1.51. The fraction of sp³-hybridized carbons (Fsp3) is 0. The van der Waals surface area contributed by atoms with Crippen molar-refractivity contribution in [1.82, 2.24) is 19.5 Å². The van der Waals surface area contributed by atoms with E-state index in [0.717, 1.165) is 85.9 Å². The predicted octanol–water partition coefficient (Wildman–Crippen LogP) is 14.3. The minimum absolute atomic E-state index is 0.167. The van der Waals surface area contributed by atoms with Crippen LogP contribution in [0.5, 0.6) is 0 Å². The molecule has 0 aliphatic carbocycles. The summed E-state index contributed by atoms with van der Waals surface area (Å²) in [7, 11) is 0. The van der Waals surface area contributed by atoms with Crippen LogP contribution >= 0.6 is 11.3 Å². The fourth-order valence-electron chi connectivity index (χ4n) is 8.45. The molecule has 0 fully saturated rings. The lowest BCUT2D eigenvalue weighted by Gasteiger charge is -2.13. The summed E-state index contributed by atoms with van der Waals surface area (Å²) in [6.07, 6.45) is 0. The van der Waals surface area contributed by atoms with Crippen molar-refractivity contribution < 1.29 is 6.85 Å². The van der Waals surface area contributed by atoms with Gasteiger partial charge in [-0.1, -0.05) is 164 Å². The highest BCUT2D eigenvalue weighted by Crippen LogP contribution is 2.46. The molecule has 0 spiro atoms. The maximum Gasteiger partial charge on any atom is 0.165 e. The quantitative estimate of drug-likeness (QED) is 0.164. The molecule has 0 saturated carbocycles. The van der Waals surface area contributed by atoms with Crippen molar-refractivity contribution in [3.05, 3.63) is 194 Å². The van der Waals surface area contributed by atoms with Gasteiger partial charge in [-0.2, -0.15) is 0 Å². The lowest BCUT2D eigenvalue weighted by molar-refractivity contribution is 1.08. The lowest BCUT2D eigenvalue weighted by atomic mass is 9.99. The number of para-hydroxylation sites is 2.